The molecule has 0 radical (unpaired) electrons. The first-order valence-electron chi connectivity index (χ1n) is 11.0. The molecule has 1 fully saturated rings. The van der Waals surface area contributed by atoms with Crippen molar-refractivity contribution in [1.29, 1.82) is 0 Å². The standard InChI is InChI=1S/C24H20Cl2N6O4S/c25-18-8-6-15(12-19(18)26)29-22(33)13-20-23(34)31(16-4-2-1-3-5-16)24(37)30(20)11-10-27-21-9-7-17(14-28-21)32(35)36/h1-9,12,14,20H,10-11,13H2,(H,27,28)(H,29,33)/t20-/m0/s1. The summed E-state index contributed by atoms with van der Waals surface area (Å²) in [7, 11) is 0. The van der Waals surface area contributed by atoms with Crippen molar-refractivity contribution in [2.75, 3.05) is 28.6 Å². The van der Waals surface area contributed by atoms with E-state index in [1.165, 1.54) is 23.1 Å². The molecule has 10 nitrogen and oxygen atoms in total. The molecular formula is C24H20Cl2N6O4S. The largest absolute Gasteiger partial charge is 0.368 e. The summed E-state index contributed by atoms with van der Waals surface area (Å²) in [6, 6.07) is 15.6. The van der Waals surface area contributed by atoms with Gasteiger partial charge in [0.1, 0.15) is 18.1 Å². The molecule has 3 aromatic rings. The highest BCUT2D eigenvalue weighted by Gasteiger charge is 2.43. The van der Waals surface area contributed by atoms with Crippen LogP contribution in [0.2, 0.25) is 10.0 Å². The topological polar surface area (TPSA) is 121 Å². The normalized spacial score (nSPS) is 15.1. The van der Waals surface area contributed by atoms with Crippen molar-refractivity contribution < 1.29 is 14.5 Å². The van der Waals surface area contributed by atoms with Crippen molar-refractivity contribution >= 4 is 75.2 Å². The van der Waals surface area contributed by atoms with E-state index in [-0.39, 0.29) is 29.7 Å². The van der Waals surface area contributed by atoms with E-state index in [9.17, 15) is 19.7 Å². The van der Waals surface area contributed by atoms with Gasteiger partial charge in [-0.1, -0.05) is 41.4 Å². The molecule has 37 heavy (non-hydrogen) atoms. The van der Waals surface area contributed by atoms with Crippen LogP contribution in [0.25, 0.3) is 0 Å². The number of aromatic nitrogens is 1. The third-order valence-corrected chi connectivity index (χ3v) is 6.69. The third-order valence-electron chi connectivity index (χ3n) is 5.53. The number of pyridine rings is 1. The number of halogens is 2. The number of para-hydroxylation sites is 1. The lowest BCUT2D eigenvalue weighted by molar-refractivity contribution is -0.385. The van der Waals surface area contributed by atoms with Crippen LogP contribution in [0.5, 0.6) is 0 Å². The van der Waals surface area contributed by atoms with Crippen LogP contribution in [0.15, 0.2) is 66.9 Å². The fourth-order valence-corrected chi connectivity index (χ4v) is 4.48. The van der Waals surface area contributed by atoms with E-state index in [0.29, 0.717) is 33.8 Å². The molecule has 2 aromatic carbocycles. The molecule has 1 aromatic heterocycles. The minimum absolute atomic E-state index is 0.122. The molecule has 13 heteroatoms. The Bertz CT molecular complexity index is 1340. The van der Waals surface area contributed by atoms with Gasteiger partial charge in [0.05, 0.1) is 27.1 Å². The third kappa shape index (κ3) is 6.13. The summed E-state index contributed by atoms with van der Waals surface area (Å²) < 4.78 is 0. The summed E-state index contributed by atoms with van der Waals surface area (Å²) in [6.45, 7) is 0.586. The molecular weight excluding hydrogens is 539 g/mol. The van der Waals surface area contributed by atoms with Crippen LogP contribution >= 0.6 is 35.4 Å². The Hall–Kier alpha value is -3.80. The highest BCUT2D eigenvalue weighted by Crippen LogP contribution is 2.28. The maximum Gasteiger partial charge on any atom is 0.287 e. The Morgan fingerprint density at radius 1 is 1.11 bits per heavy atom. The highest BCUT2D eigenvalue weighted by molar-refractivity contribution is 7.80. The molecule has 1 aliphatic heterocycles. The van der Waals surface area contributed by atoms with E-state index in [0.717, 1.165) is 6.20 Å². The Balaban J connectivity index is 1.49. The van der Waals surface area contributed by atoms with Crippen LogP contribution < -0.4 is 15.5 Å². The monoisotopic (exact) mass is 558 g/mol. The average molecular weight is 559 g/mol. The van der Waals surface area contributed by atoms with Crippen molar-refractivity contribution in [1.82, 2.24) is 9.88 Å². The molecule has 2 N–H and O–H groups in total. The van der Waals surface area contributed by atoms with E-state index in [2.05, 4.69) is 15.6 Å². The summed E-state index contributed by atoms with van der Waals surface area (Å²) >= 11 is 17.6. The number of carbonyl (C=O) groups is 2. The zero-order valence-electron chi connectivity index (χ0n) is 19.1. The van der Waals surface area contributed by atoms with Gasteiger partial charge in [0.15, 0.2) is 5.11 Å². The number of thiocarbonyl (C=S) groups is 1. The number of hydrogen-bond donors (Lipinski definition) is 2. The molecule has 1 atom stereocenters. The lowest BCUT2D eigenvalue weighted by atomic mass is 10.1. The molecule has 190 valence electrons. The van der Waals surface area contributed by atoms with Gasteiger partial charge in [0.2, 0.25) is 5.91 Å². The van der Waals surface area contributed by atoms with Crippen molar-refractivity contribution in [2.45, 2.75) is 12.5 Å². The maximum absolute atomic E-state index is 13.4. The fourth-order valence-electron chi connectivity index (χ4n) is 3.77. The number of nitrogens with zero attached hydrogens (tertiary/aromatic N) is 4. The number of benzene rings is 2. The van der Waals surface area contributed by atoms with E-state index in [1.54, 1.807) is 41.3 Å². The van der Waals surface area contributed by atoms with Gasteiger partial charge in [-0.25, -0.2) is 4.98 Å². The summed E-state index contributed by atoms with van der Waals surface area (Å²) in [5.41, 5.74) is 0.924. The van der Waals surface area contributed by atoms with E-state index < -0.39 is 16.9 Å². The summed E-state index contributed by atoms with van der Waals surface area (Å²) in [6.07, 6.45) is 0.998. The Labute approximate surface area is 227 Å². The van der Waals surface area contributed by atoms with Gasteiger partial charge in [-0.2, -0.15) is 0 Å². The first-order valence-corrected chi connectivity index (χ1v) is 12.2. The zero-order valence-corrected chi connectivity index (χ0v) is 21.5. The van der Waals surface area contributed by atoms with Crippen molar-refractivity contribution in [3.8, 4) is 0 Å². The first-order chi connectivity index (χ1) is 17.7. The Morgan fingerprint density at radius 3 is 2.51 bits per heavy atom. The lowest BCUT2D eigenvalue weighted by Crippen LogP contribution is -2.40. The molecule has 2 heterocycles. The predicted molar refractivity (Wildman–Crippen MR) is 146 cm³/mol. The number of anilines is 3. The quantitative estimate of drug-likeness (QED) is 0.219. The maximum atomic E-state index is 13.4. The second-order valence-corrected chi connectivity index (χ2v) is 9.15. The van der Waals surface area contributed by atoms with Crippen molar-refractivity contribution in [2.24, 2.45) is 0 Å². The van der Waals surface area contributed by atoms with Crippen LogP contribution in [0, 0.1) is 10.1 Å². The van der Waals surface area contributed by atoms with Crippen molar-refractivity contribution in [3.05, 3.63) is 87.0 Å². The van der Waals surface area contributed by atoms with Crippen molar-refractivity contribution in [3.63, 3.8) is 0 Å². The SMILES string of the molecule is O=C(C[C@H]1C(=O)N(c2ccccc2)C(=S)N1CCNc1ccc([N+](=O)[O-])cn1)Nc1ccc(Cl)c(Cl)c1. The Kier molecular flexibility index (Phi) is 8.17. The summed E-state index contributed by atoms with van der Waals surface area (Å²) in [4.78, 5) is 43.7. The molecule has 1 aliphatic rings. The van der Waals surface area contributed by atoms with E-state index >= 15 is 0 Å². The predicted octanol–water partition coefficient (Wildman–Crippen LogP) is 4.74. The minimum atomic E-state index is -0.845. The molecule has 0 bridgehead atoms. The molecule has 0 unspecified atom stereocenters. The zero-order chi connectivity index (χ0) is 26.5. The average Bonchev–Trinajstić information content (AvgIpc) is 3.11. The summed E-state index contributed by atoms with van der Waals surface area (Å²) in [5, 5.41) is 17.5. The number of rotatable bonds is 9. The van der Waals surface area contributed by atoms with Gasteiger partial charge in [0.25, 0.3) is 11.6 Å². The summed E-state index contributed by atoms with van der Waals surface area (Å²) in [5.74, 6) is -0.297. The number of nitro groups is 1. The van der Waals surface area contributed by atoms with Gasteiger partial charge in [-0.3, -0.25) is 24.6 Å². The minimum Gasteiger partial charge on any atom is -0.368 e. The van der Waals surface area contributed by atoms with E-state index in [4.69, 9.17) is 35.4 Å². The number of carbonyl (C=O) groups excluding carboxylic acids is 2. The molecule has 1 saturated heterocycles. The first kappa shape index (κ1) is 26.3. The molecule has 0 aliphatic carbocycles. The van der Waals surface area contributed by atoms with Gasteiger partial charge >= 0.3 is 0 Å². The second kappa shape index (κ2) is 11.5. The van der Waals surface area contributed by atoms with Crippen LogP contribution in [0.3, 0.4) is 0 Å². The van der Waals surface area contributed by atoms with Gasteiger partial charge in [-0.05, 0) is 48.6 Å². The molecule has 4 rings (SSSR count). The van der Waals surface area contributed by atoms with Crippen LogP contribution in [0.4, 0.5) is 22.9 Å². The lowest BCUT2D eigenvalue weighted by Gasteiger charge is -2.24. The molecule has 0 saturated carbocycles. The molecule has 2 amide bonds. The van der Waals surface area contributed by atoms with Crippen LogP contribution in [0.1, 0.15) is 6.42 Å². The smallest absolute Gasteiger partial charge is 0.287 e. The highest BCUT2D eigenvalue weighted by atomic mass is 35.5. The number of nitrogens with one attached hydrogen (secondary N) is 2. The van der Waals surface area contributed by atoms with Gasteiger partial charge in [-0.15, -0.1) is 0 Å². The van der Waals surface area contributed by atoms with Gasteiger partial charge < -0.3 is 15.5 Å². The Morgan fingerprint density at radius 2 is 1.86 bits per heavy atom. The van der Waals surface area contributed by atoms with E-state index in [1.807, 2.05) is 6.07 Å². The number of amides is 2. The molecule has 0 spiro atoms. The van der Waals surface area contributed by atoms with Crippen LogP contribution in [-0.2, 0) is 9.59 Å². The second-order valence-electron chi connectivity index (χ2n) is 7.97. The fraction of sp³-hybridized carbons (Fsp3) is 0.167. The van der Waals surface area contributed by atoms with Crippen LogP contribution in [-0.4, -0.2) is 50.9 Å². The van der Waals surface area contributed by atoms with Gasteiger partial charge in [0, 0.05) is 24.8 Å². The number of hydrogen-bond acceptors (Lipinski definition) is 7.